The van der Waals surface area contributed by atoms with Crippen molar-refractivity contribution < 1.29 is 13.2 Å². The summed E-state index contributed by atoms with van der Waals surface area (Å²) in [4.78, 5) is 0.215. The molecule has 2 aromatic rings. The van der Waals surface area contributed by atoms with E-state index in [2.05, 4.69) is 4.72 Å². The Balaban J connectivity index is 2.27. The van der Waals surface area contributed by atoms with Crippen LogP contribution in [0.2, 0.25) is 0 Å². The van der Waals surface area contributed by atoms with Crippen LogP contribution in [0.15, 0.2) is 47.4 Å². The second kappa shape index (κ2) is 6.18. The van der Waals surface area contributed by atoms with E-state index in [9.17, 15) is 8.42 Å². The summed E-state index contributed by atoms with van der Waals surface area (Å²) in [7, 11) is -3.59. The second-order valence-electron chi connectivity index (χ2n) is 4.83. The Morgan fingerprint density at radius 1 is 1.05 bits per heavy atom. The Bertz CT molecular complexity index is 722. The maximum absolute atomic E-state index is 12.4. The van der Waals surface area contributed by atoms with Gasteiger partial charge in [-0.15, -0.1) is 0 Å². The Hall–Kier alpha value is -2.01. The smallest absolute Gasteiger partial charge is 0.261 e. The van der Waals surface area contributed by atoms with E-state index in [0.717, 1.165) is 11.1 Å². The molecule has 112 valence electrons. The van der Waals surface area contributed by atoms with Crippen molar-refractivity contribution in [2.24, 2.45) is 0 Å². The average molecular weight is 305 g/mol. The molecule has 0 saturated carbocycles. The zero-order valence-corrected chi connectivity index (χ0v) is 13.2. The third kappa shape index (κ3) is 3.76. The highest BCUT2D eigenvalue weighted by Crippen LogP contribution is 2.22. The lowest BCUT2D eigenvalue weighted by atomic mass is 10.1. The van der Waals surface area contributed by atoms with Crippen LogP contribution in [-0.2, 0) is 10.0 Å². The lowest BCUT2D eigenvalue weighted by Gasteiger charge is -2.12. The van der Waals surface area contributed by atoms with Gasteiger partial charge in [-0.1, -0.05) is 12.1 Å². The predicted octanol–water partition coefficient (Wildman–Crippen LogP) is 3.50. The van der Waals surface area contributed by atoms with Crippen LogP contribution < -0.4 is 9.46 Å². The van der Waals surface area contributed by atoms with Gasteiger partial charge in [0.15, 0.2) is 0 Å². The Labute approximate surface area is 125 Å². The molecule has 21 heavy (non-hydrogen) atoms. The van der Waals surface area contributed by atoms with Crippen LogP contribution in [0.5, 0.6) is 5.75 Å². The zero-order valence-electron chi connectivity index (χ0n) is 12.4. The van der Waals surface area contributed by atoms with Crippen LogP contribution in [-0.4, -0.2) is 15.0 Å². The van der Waals surface area contributed by atoms with Crippen LogP contribution in [0, 0.1) is 13.8 Å². The molecule has 5 heteroatoms. The van der Waals surface area contributed by atoms with E-state index in [1.807, 2.05) is 39.0 Å². The van der Waals surface area contributed by atoms with Gasteiger partial charge in [0.2, 0.25) is 0 Å². The molecule has 2 aromatic carbocycles. The first kappa shape index (κ1) is 15.4. The highest BCUT2D eigenvalue weighted by Gasteiger charge is 2.15. The quantitative estimate of drug-likeness (QED) is 0.919. The van der Waals surface area contributed by atoms with Crippen LogP contribution in [0.1, 0.15) is 18.1 Å². The van der Waals surface area contributed by atoms with Gasteiger partial charge >= 0.3 is 0 Å². The fourth-order valence-corrected chi connectivity index (χ4v) is 3.05. The lowest BCUT2D eigenvalue weighted by Crippen LogP contribution is -2.13. The number of aryl methyl sites for hydroxylation is 2. The van der Waals surface area contributed by atoms with Gasteiger partial charge in [-0.25, -0.2) is 8.42 Å². The molecule has 0 fully saturated rings. The van der Waals surface area contributed by atoms with Crippen molar-refractivity contribution in [3.63, 3.8) is 0 Å². The minimum atomic E-state index is -3.59. The van der Waals surface area contributed by atoms with E-state index in [-0.39, 0.29) is 4.90 Å². The number of ether oxygens (including phenoxy) is 1. The van der Waals surface area contributed by atoms with E-state index in [1.165, 1.54) is 0 Å². The number of rotatable bonds is 5. The zero-order chi connectivity index (χ0) is 15.5. The third-order valence-electron chi connectivity index (χ3n) is 3.08. The largest absolute Gasteiger partial charge is 0.494 e. The van der Waals surface area contributed by atoms with Crippen molar-refractivity contribution in [1.29, 1.82) is 0 Å². The maximum Gasteiger partial charge on any atom is 0.261 e. The van der Waals surface area contributed by atoms with E-state index >= 15 is 0 Å². The average Bonchev–Trinajstić information content (AvgIpc) is 2.44. The molecule has 0 aliphatic rings. The number of anilines is 1. The van der Waals surface area contributed by atoms with Gasteiger partial charge in [-0.2, -0.15) is 0 Å². The van der Waals surface area contributed by atoms with E-state index in [4.69, 9.17) is 4.74 Å². The van der Waals surface area contributed by atoms with Crippen molar-refractivity contribution >= 4 is 15.7 Å². The van der Waals surface area contributed by atoms with Crippen LogP contribution >= 0.6 is 0 Å². The summed E-state index contributed by atoms with van der Waals surface area (Å²) >= 11 is 0. The van der Waals surface area contributed by atoms with Gasteiger partial charge in [-0.05, 0) is 62.2 Å². The SMILES string of the molecule is CCOc1ccc(S(=O)(=O)Nc2cc(C)ccc2C)cc1. The minimum Gasteiger partial charge on any atom is -0.494 e. The standard InChI is InChI=1S/C16H19NO3S/c1-4-20-14-7-9-15(10-8-14)21(18,19)17-16-11-12(2)5-6-13(16)3/h5-11,17H,4H2,1-3H3. The summed E-state index contributed by atoms with van der Waals surface area (Å²) in [6, 6.07) is 12.1. The number of hydrogen-bond donors (Lipinski definition) is 1. The molecule has 0 radical (unpaired) electrons. The van der Waals surface area contributed by atoms with Gasteiger partial charge in [0.25, 0.3) is 10.0 Å². The Kier molecular flexibility index (Phi) is 4.53. The molecule has 0 spiro atoms. The number of nitrogens with one attached hydrogen (secondary N) is 1. The van der Waals surface area contributed by atoms with Crippen molar-refractivity contribution in [2.75, 3.05) is 11.3 Å². The molecule has 0 unspecified atom stereocenters. The molecule has 0 atom stereocenters. The first-order chi connectivity index (χ1) is 9.92. The van der Waals surface area contributed by atoms with Gasteiger partial charge in [0, 0.05) is 0 Å². The molecule has 0 saturated heterocycles. The molecular formula is C16H19NO3S. The highest BCUT2D eigenvalue weighted by molar-refractivity contribution is 7.92. The van der Waals surface area contributed by atoms with Gasteiger partial charge < -0.3 is 4.74 Å². The summed E-state index contributed by atoms with van der Waals surface area (Å²) in [6.07, 6.45) is 0. The number of sulfonamides is 1. The fraction of sp³-hybridized carbons (Fsp3) is 0.250. The molecule has 2 rings (SSSR count). The molecule has 0 heterocycles. The summed E-state index contributed by atoms with van der Waals surface area (Å²) in [5, 5.41) is 0. The Morgan fingerprint density at radius 3 is 2.33 bits per heavy atom. The summed E-state index contributed by atoms with van der Waals surface area (Å²) < 4.78 is 32.7. The van der Waals surface area contributed by atoms with E-state index < -0.39 is 10.0 Å². The molecule has 0 bridgehead atoms. The molecule has 0 aromatic heterocycles. The van der Waals surface area contributed by atoms with E-state index in [0.29, 0.717) is 18.0 Å². The molecular weight excluding hydrogens is 286 g/mol. The second-order valence-corrected chi connectivity index (χ2v) is 6.51. The molecule has 0 amide bonds. The molecule has 4 nitrogen and oxygen atoms in total. The molecule has 0 aliphatic heterocycles. The first-order valence-corrected chi connectivity index (χ1v) is 8.23. The third-order valence-corrected chi connectivity index (χ3v) is 4.46. The van der Waals surface area contributed by atoms with Crippen molar-refractivity contribution in [3.05, 3.63) is 53.6 Å². The number of hydrogen-bond acceptors (Lipinski definition) is 3. The molecule has 0 aliphatic carbocycles. The first-order valence-electron chi connectivity index (χ1n) is 6.75. The summed E-state index contributed by atoms with van der Waals surface area (Å²) in [6.45, 7) is 6.23. The normalized spacial score (nSPS) is 11.2. The summed E-state index contributed by atoms with van der Waals surface area (Å²) in [5.74, 6) is 0.656. The van der Waals surface area contributed by atoms with Crippen molar-refractivity contribution in [2.45, 2.75) is 25.7 Å². The number of benzene rings is 2. The van der Waals surface area contributed by atoms with E-state index in [1.54, 1.807) is 24.3 Å². The van der Waals surface area contributed by atoms with Gasteiger partial charge in [0.05, 0.1) is 17.2 Å². The monoisotopic (exact) mass is 305 g/mol. The summed E-state index contributed by atoms with van der Waals surface area (Å²) in [5.41, 5.74) is 2.49. The highest BCUT2D eigenvalue weighted by atomic mass is 32.2. The van der Waals surface area contributed by atoms with Crippen LogP contribution in [0.4, 0.5) is 5.69 Å². The van der Waals surface area contributed by atoms with Crippen LogP contribution in [0.25, 0.3) is 0 Å². The van der Waals surface area contributed by atoms with Gasteiger partial charge in [-0.3, -0.25) is 4.72 Å². The topological polar surface area (TPSA) is 55.4 Å². The van der Waals surface area contributed by atoms with Crippen LogP contribution in [0.3, 0.4) is 0 Å². The predicted molar refractivity (Wildman–Crippen MR) is 84.3 cm³/mol. The maximum atomic E-state index is 12.4. The fourth-order valence-electron chi connectivity index (χ4n) is 1.93. The van der Waals surface area contributed by atoms with Crippen molar-refractivity contribution in [1.82, 2.24) is 0 Å². The van der Waals surface area contributed by atoms with Crippen molar-refractivity contribution in [3.8, 4) is 5.75 Å². The lowest BCUT2D eigenvalue weighted by molar-refractivity contribution is 0.340. The van der Waals surface area contributed by atoms with Gasteiger partial charge in [0.1, 0.15) is 5.75 Å². The minimum absolute atomic E-state index is 0.215. The Morgan fingerprint density at radius 2 is 1.71 bits per heavy atom. The molecule has 1 N–H and O–H groups in total.